The fourth-order valence-corrected chi connectivity index (χ4v) is 1.29. The molecule has 0 amide bonds. The van der Waals surface area contributed by atoms with Crippen LogP contribution in [0.3, 0.4) is 0 Å². The zero-order valence-electron chi connectivity index (χ0n) is 8.11. The summed E-state index contributed by atoms with van der Waals surface area (Å²) in [7, 11) is 0. The van der Waals surface area contributed by atoms with Crippen molar-refractivity contribution in [1.82, 2.24) is 10.1 Å². The van der Waals surface area contributed by atoms with Crippen LogP contribution >= 0.6 is 0 Å². The van der Waals surface area contributed by atoms with E-state index < -0.39 is 0 Å². The predicted molar refractivity (Wildman–Crippen MR) is 53.6 cm³/mol. The van der Waals surface area contributed by atoms with Crippen molar-refractivity contribution in [3.05, 3.63) is 29.6 Å². The molecule has 0 aliphatic heterocycles. The Labute approximate surface area is 81.7 Å². The summed E-state index contributed by atoms with van der Waals surface area (Å²) in [5, 5.41) is 3.74. The average molecular weight is 189 g/mol. The van der Waals surface area contributed by atoms with Crippen molar-refractivity contribution in [3.8, 4) is 11.5 Å². The molecule has 2 rings (SSSR count). The first kappa shape index (κ1) is 8.74. The number of hydrogen-bond donors (Lipinski definition) is 1. The van der Waals surface area contributed by atoms with Gasteiger partial charge in [-0.1, -0.05) is 11.2 Å². The SMILES string of the molecule is Cc1noc(-c2cccc(N)c2C)n1. The molecule has 2 aromatic rings. The maximum atomic E-state index is 5.77. The minimum Gasteiger partial charge on any atom is -0.398 e. The van der Waals surface area contributed by atoms with Crippen LogP contribution in [-0.4, -0.2) is 10.1 Å². The summed E-state index contributed by atoms with van der Waals surface area (Å²) >= 11 is 0. The molecule has 0 bridgehead atoms. The van der Waals surface area contributed by atoms with Crippen LogP contribution in [0.1, 0.15) is 11.4 Å². The molecule has 0 aliphatic rings. The molecule has 0 spiro atoms. The van der Waals surface area contributed by atoms with Crippen LogP contribution < -0.4 is 5.73 Å². The second-order valence-corrected chi connectivity index (χ2v) is 3.17. The summed E-state index contributed by atoms with van der Waals surface area (Å²) in [6.07, 6.45) is 0. The summed E-state index contributed by atoms with van der Waals surface area (Å²) in [6.45, 7) is 3.72. The molecule has 0 radical (unpaired) electrons. The molecule has 1 aromatic carbocycles. The van der Waals surface area contributed by atoms with Gasteiger partial charge in [0, 0.05) is 11.3 Å². The van der Waals surface area contributed by atoms with Gasteiger partial charge in [-0.2, -0.15) is 4.98 Å². The van der Waals surface area contributed by atoms with Crippen LogP contribution in [0.15, 0.2) is 22.7 Å². The van der Waals surface area contributed by atoms with Crippen molar-refractivity contribution in [2.75, 3.05) is 5.73 Å². The van der Waals surface area contributed by atoms with Gasteiger partial charge in [-0.3, -0.25) is 0 Å². The summed E-state index contributed by atoms with van der Waals surface area (Å²) in [5.41, 5.74) is 8.37. The Morgan fingerprint density at radius 2 is 2.07 bits per heavy atom. The van der Waals surface area contributed by atoms with Gasteiger partial charge in [0.2, 0.25) is 0 Å². The molecule has 0 saturated carbocycles. The van der Waals surface area contributed by atoms with Gasteiger partial charge in [0.25, 0.3) is 5.89 Å². The predicted octanol–water partition coefficient (Wildman–Crippen LogP) is 1.94. The molecule has 0 fully saturated rings. The lowest BCUT2D eigenvalue weighted by Gasteiger charge is -2.02. The van der Waals surface area contributed by atoms with Gasteiger partial charge in [-0.25, -0.2) is 0 Å². The molecule has 0 aliphatic carbocycles. The van der Waals surface area contributed by atoms with E-state index in [2.05, 4.69) is 10.1 Å². The highest BCUT2D eigenvalue weighted by atomic mass is 16.5. The van der Waals surface area contributed by atoms with E-state index in [9.17, 15) is 0 Å². The Balaban J connectivity index is 2.57. The van der Waals surface area contributed by atoms with E-state index in [1.54, 1.807) is 6.92 Å². The number of nitrogen functional groups attached to an aromatic ring is 1. The molecule has 0 unspecified atom stereocenters. The number of nitrogens with zero attached hydrogens (tertiary/aromatic N) is 2. The summed E-state index contributed by atoms with van der Waals surface area (Å²) in [4.78, 5) is 4.15. The van der Waals surface area contributed by atoms with Crippen molar-refractivity contribution in [1.29, 1.82) is 0 Å². The molecule has 1 aromatic heterocycles. The molecule has 2 N–H and O–H groups in total. The van der Waals surface area contributed by atoms with E-state index in [-0.39, 0.29) is 0 Å². The fraction of sp³-hybridized carbons (Fsp3) is 0.200. The van der Waals surface area contributed by atoms with Crippen LogP contribution in [0.5, 0.6) is 0 Å². The standard InChI is InChI=1S/C10H11N3O/c1-6-8(4-3-5-9(6)11)10-12-7(2)13-14-10/h3-5H,11H2,1-2H3. The van der Waals surface area contributed by atoms with Crippen molar-refractivity contribution in [2.45, 2.75) is 13.8 Å². The topological polar surface area (TPSA) is 64.9 Å². The average Bonchev–Trinajstić information content (AvgIpc) is 2.57. The van der Waals surface area contributed by atoms with E-state index in [0.29, 0.717) is 11.7 Å². The third-order valence-corrected chi connectivity index (χ3v) is 2.13. The first-order valence-electron chi connectivity index (χ1n) is 4.34. The second kappa shape index (κ2) is 3.14. The molecular weight excluding hydrogens is 178 g/mol. The molecular formula is C10H11N3O. The summed E-state index contributed by atoms with van der Waals surface area (Å²) < 4.78 is 5.07. The fourth-order valence-electron chi connectivity index (χ4n) is 1.29. The third-order valence-electron chi connectivity index (χ3n) is 2.13. The van der Waals surface area contributed by atoms with E-state index in [0.717, 1.165) is 16.8 Å². The Bertz CT molecular complexity index is 462. The van der Waals surface area contributed by atoms with Crippen LogP contribution in [0.25, 0.3) is 11.5 Å². The molecule has 0 saturated heterocycles. The number of nitrogens with two attached hydrogens (primary N) is 1. The lowest BCUT2D eigenvalue weighted by Crippen LogP contribution is -1.91. The largest absolute Gasteiger partial charge is 0.398 e. The number of anilines is 1. The zero-order chi connectivity index (χ0) is 10.1. The Kier molecular flexibility index (Phi) is 1.96. The van der Waals surface area contributed by atoms with Gasteiger partial charge in [0.1, 0.15) is 0 Å². The van der Waals surface area contributed by atoms with E-state index in [1.165, 1.54) is 0 Å². The number of hydrogen-bond acceptors (Lipinski definition) is 4. The lowest BCUT2D eigenvalue weighted by molar-refractivity contribution is 0.425. The first-order valence-corrected chi connectivity index (χ1v) is 4.34. The van der Waals surface area contributed by atoms with Crippen LogP contribution in [-0.2, 0) is 0 Å². The molecule has 72 valence electrons. The smallest absolute Gasteiger partial charge is 0.258 e. The van der Waals surface area contributed by atoms with Crippen LogP contribution in [0, 0.1) is 13.8 Å². The maximum absolute atomic E-state index is 5.77. The second-order valence-electron chi connectivity index (χ2n) is 3.17. The van der Waals surface area contributed by atoms with Crippen molar-refractivity contribution in [2.24, 2.45) is 0 Å². The molecule has 0 atom stereocenters. The highest BCUT2D eigenvalue weighted by Gasteiger charge is 2.09. The van der Waals surface area contributed by atoms with E-state index >= 15 is 0 Å². The van der Waals surface area contributed by atoms with Gasteiger partial charge in [-0.15, -0.1) is 0 Å². The quantitative estimate of drug-likeness (QED) is 0.696. The Hall–Kier alpha value is -1.84. The van der Waals surface area contributed by atoms with Gasteiger partial charge in [0.15, 0.2) is 5.82 Å². The molecule has 1 heterocycles. The minimum atomic E-state index is 0.521. The number of aromatic nitrogens is 2. The summed E-state index contributed by atoms with van der Waals surface area (Å²) in [6, 6.07) is 5.64. The van der Waals surface area contributed by atoms with Crippen LogP contribution in [0.4, 0.5) is 5.69 Å². The zero-order valence-corrected chi connectivity index (χ0v) is 8.11. The molecule has 4 heteroatoms. The highest BCUT2D eigenvalue weighted by Crippen LogP contribution is 2.25. The van der Waals surface area contributed by atoms with Gasteiger partial charge in [0.05, 0.1) is 0 Å². The highest BCUT2D eigenvalue weighted by molar-refractivity contribution is 5.66. The number of benzene rings is 1. The number of rotatable bonds is 1. The first-order chi connectivity index (χ1) is 6.68. The van der Waals surface area contributed by atoms with Crippen molar-refractivity contribution < 1.29 is 4.52 Å². The molecule has 4 nitrogen and oxygen atoms in total. The normalized spacial score (nSPS) is 10.4. The van der Waals surface area contributed by atoms with Gasteiger partial charge in [-0.05, 0) is 31.5 Å². The van der Waals surface area contributed by atoms with Crippen molar-refractivity contribution in [3.63, 3.8) is 0 Å². The Morgan fingerprint density at radius 1 is 1.29 bits per heavy atom. The van der Waals surface area contributed by atoms with Crippen molar-refractivity contribution >= 4 is 5.69 Å². The van der Waals surface area contributed by atoms with Gasteiger partial charge >= 0.3 is 0 Å². The molecule has 14 heavy (non-hydrogen) atoms. The summed E-state index contributed by atoms with van der Waals surface area (Å²) in [5.74, 6) is 1.15. The van der Waals surface area contributed by atoms with Crippen LogP contribution in [0.2, 0.25) is 0 Å². The van der Waals surface area contributed by atoms with Gasteiger partial charge < -0.3 is 10.3 Å². The lowest BCUT2D eigenvalue weighted by atomic mass is 10.1. The van der Waals surface area contributed by atoms with E-state index in [1.807, 2.05) is 25.1 Å². The monoisotopic (exact) mass is 189 g/mol. The number of aryl methyl sites for hydroxylation is 1. The van der Waals surface area contributed by atoms with E-state index in [4.69, 9.17) is 10.3 Å². The minimum absolute atomic E-state index is 0.521. The third kappa shape index (κ3) is 1.35. The maximum Gasteiger partial charge on any atom is 0.258 e. The Morgan fingerprint density at radius 3 is 2.71 bits per heavy atom.